The maximum Gasteiger partial charge on any atom is 0.203 e. The third kappa shape index (κ3) is 6.55. The number of hydrogen-bond donors (Lipinski definition) is 2. The van der Waals surface area contributed by atoms with Crippen molar-refractivity contribution >= 4 is 7.37 Å². The summed E-state index contributed by atoms with van der Waals surface area (Å²) in [6.07, 6.45) is 2.70. The van der Waals surface area contributed by atoms with E-state index >= 15 is 0 Å². The Kier molecular flexibility index (Phi) is 8.15. The zero-order valence-corrected chi connectivity index (χ0v) is 19.1. The number of hydrogen-bond acceptors (Lipinski definition) is 4. The highest BCUT2D eigenvalue weighted by Crippen LogP contribution is 2.43. The summed E-state index contributed by atoms with van der Waals surface area (Å²) in [6, 6.07) is 12.0. The molecule has 0 spiro atoms. The van der Waals surface area contributed by atoms with Crippen molar-refractivity contribution in [2.45, 2.75) is 44.6 Å². The number of benzene rings is 2. The number of rotatable bonds is 9. The predicted molar refractivity (Wildman–Crippen MR) is 120 cm³/mol. The summed E-state index contributed by atoms with van der Waals surface area (Å²) in [4.78, 5) is 9.78. The molecule has 2 aromatic carbocycles. The fourth-order valence-electron chi connectivity index (χ4n) is 4.13. The molecule has 0 heterocycles. The van der Waals surface area contributed by atoms with Crippen molar-refractivity contribution in [3.05, 3.63) is 59.4 Å². The van der Waals surface area contributed by atoms with E-state index in [1.807, 2.05) is 6.07 Å². The monoisotopic (exact) mass is 450 g/mol. The van der Waals surface area contributed by atoms with Gasteiger partial charge in [-0.1, -0.05) is 19.1 Å². The van der Waals surface area contributed by atoms with Crippen LogP contribution in [-0.2, 0) is 4.57 Å². The first-order valence-corrected chi connectivity index (χ1v) is 12.9. The molecule has 1 unspecified atom stereocenters. The first-order chi connectivity index (χ1) is 14.8. The summed E-state index contributed by atoms with van der Waals surface area (Å²) in [5.41, 5.74) is 1.31. The topological polar surface area (TPSA) is 76.0 Å². The normalized spacial score (nSPS) is 21.8. The van der Waals surface area contributed by atoms with Crippen molar-refractivity contribution in [3.63, 3.8) is 0 Å². The number of aliphatic hydroxyl groups is 1. The molecule has 0 aromatic heterocycles. The second-order valence-electron chi connectivity index (χ2n) is 8.35. The van der Waals surface area contributed by atoms with Gasteiger partial charge in [0.05, 0.1) is 26.0 Å². The Hall–Kier alpha value is -1.88. The van der Waals surface area contributed by atoms with Crippen molar-refractivity contribution in [1.29, 1.82) is 0 Å². The largest absolute Gasteiger partial charge is 0.497 e. The van der Waals surface area contributed by atoms with E-state index in [1.54, 1.807) is 44.4 Å². The summed E-state index contributed by atoms with van der Waals surface area (Å²) in [7, 11) is -1.72. The van der Waals surface area contributed by atoms with Crippen LogP contribution in [0, 0.1) is 11.7 Å². The molecule has 1 aliphatic carbocycles. The minimum Gasteiger partial charge on any atom is -0.497 e. The fourth-order valence-corrected chi connectivity index (χ4v) is 5.14. The third-order valence-corrected chi connectivity index (χ3v) is 8.08. The van der Waals surface area contributed by atoms with Crippen LogP contribution in [-0.4, -0.2) is 36.0 Å². The number of ether oxygens (including phenoxy) is 2. The van der Waals surface area contributed by atoms with Crippen LogP contribution >= 0.6 is 7.37 Å². The van der Waals surface area contributed by atoms with E-state index in [0.717, 1.165) is 31.2 Å². The Bertz CT molecular complexity index is 911. The van der Waals surface area contributed by atoms with Gasteiger partial charge in [-0.05, 0) is 79.0 Å². The molecule has 0 amide bonds. The van der Waals surface area contributed by atoms with Crippen LogP contribution < -0.4 is 9.47 Å². The molecule has 1 aliphatic rings. The Morgan fingerprint density at radius 2 is 1.87 bits per heavy atom. The number of methoxy groups -OCH3 is 1. The Balaban J connectivity index is 1.53. The van der Waals surface area contributed by atoms with Gasteiger partial charge in [0.1, 0.15) is 17.3 Å². The highest BCUT2D eigenvalue weighted by Gasteiger charge is 2.26. The quantitative estimate of drug-likeness (QED) is 0.493. The van der Waals surface area contributed by atoms with Crippen molar-refractivity contribution < 1.29 is 28.4 Å². The third-order valence-electron chi connectivity index (χ3n) is 6.17. The Morgan fingerprint density at radius 1 is 1.13 bits per heavy atom. The molecule has 2 aromatic rings. The lowest BCUT2D eigenvalue weighted by Gasteiger charge is -2.29. The van der Waals surface area contributed by atoms with Crippen LogP contribution in [0.2, 0.25) is 0 Å². The smallest absolute Gasteiger partial charge is 0.203 e. The Labute approximate surface area is 183 Å². The van der Waals surface area contributed by atoms with Gasteiger partial charge in [0, 0.05) is 6.16 Å². The molecule has 0 saturated heterocycles. The lowest BCUT2D eigenvalue weighted by Crippen LogP contribution is -2.20. The van der Waals surface area contributed by atoms with Gasteiger partial charge in [0.15, 0.2) is 0 Å². The molecule has 3 rings (SSSR count). The van der Waals surface area contributed by atoms with Crippen LogP contribution in [0.1, 0.15) is 55.8 Å². The van der Waals surface area contributed by atoms with E-state index in [2.05, 4.69) is 0 Å². The van der Waals surface area contributed by atoms with Gasteiger partial charge in [-0.2, -0.15) is 0 Å². The zero-order chi connectivity index (χ0) is 22.4. The molecular formula is C24H32FO5P. The second kappa shape index (κ2) is 10.6. The maximum atomic E-state index is 14.3. The van der Waals surface area contributed by atoms with Crippen LogP contribution in [0.3, 0.4) is 0 Å². The SMILES string of the molecule is CCP(=O)(O)C[C@@H](O)c1cccc(OCC2CCC(c3cc(OC)ccc3F)CC2)c1. The molecule has 2 N–H and O–H groups in total. The van der Waals surface area contributed by atoms with Gasteiger partial charge >= 0.3 is 0 Å². The van der Waals surface area contributed by atoms with Crippen molar-refractivity contribution in [1.82, 2.24) is 0 Å². The van der Waals surface area contributed by atoms with E-state index in [4.69, 9.17) is 9.47 Å². The van der Waals surface area contributed by atoms with E-state index < -0.39 is 13.5 Å². The number of halogens is 1. The van der Waals surface area contributed by atoms with E-state index in [0.29, 0.717) is 29.6 Å². The summed E-state index contributed by atoms with van der Waals surface area (Å²) in [5.74, 6) is 1.72. The molecule has 1 fully saturated rings. The van der Waals surface area contributed by atoms with Crippen molar-refractivity contribution in [3.8, 4) is 11.5 Å². The molecule has 5 nitrogen and oxygen atoms in total. The lowest BCUT2D eigenvalue weighted by molar-refractivity contribution is 0.191. The van der Waals surface area contributed by atoms with Crippen LogP contribution in [0.4, 0.5) is 4.39 Å². The van der Waals surface area contributed by atoms with Crippen LogP contribution in [0.5, 0.6) is 11.5 Å². The molecular weight excluding hydrogens is 418 g/mol. The first-order valence-electron chi connectivity index (χ1n) is 10.9. The van der Waals surface area contributed by atoms with Gasteiger partial charge in [-0.15, -0.1) is 0 Å². The fraction of sp³-hybridized carbons (Fsp3) is 0.500. The highest BCUT2D eigenvalue weighted by atomic mass is 31.2. The van der Waals surface area contributed by atoms with Gasteiger partial charge in [0.2, 0.25) is 7.37 Å². The molecule has 0 radical (unpaired) electrons. The minimum atomic E-state index is -3.31. The second-order valence-corrected chi connectivity index (χ2v) is 11.0. The standard InChI is InChI=1S/C24H32FO5P/c1-3-31(27,28)16-24(26)19-5-4-6-21(13-19)30-15-17-7-9-18(10-8-17)22-14-20(29-2)11-12-23(22)25/h4-6,11-14,17-18,24,26H,3,7-10,15-16H2,1-2H3,(H,27,28)/t17?,18?,24-/m1/s1. The molecule has 1 saturated carbocycles. The predicted octanol–water partition coefficient (Wildman–Crippen LogP) is 5.51. The van der Waals surface area contributed by atoms with Crippen LogP contribution in [0.25, 0.3) is 0 Å². The molecule has 2 atom stereocenters. The first kappa shape index (κ1) is 23.8. The average Bonchev–Trinajstić information content (AvgIpc) is 2.78. The van der Waals surface area contributed by atoms with Crippen molar-refractivity contribution in [2.75, 3.05) is 26.0 Å². The summed E-state index contributed by atoms with van der Waals surface area (Å²) >= 11 is 0. The zero-order valence-electron chi connectivity index (χ0n) is 18.2. The van der Waals surface area contributed by atoms with E-state index in [9.17, 15) is 19.0 Å². The summed E-state index contributed by atoms with van der Waals surface area (Å²) < 4.78 is 37.3. The maximum absolute atomic E-state index is 14.3. The van der Waals surface area contributed by atoms with Gasteiger partial charge in [-0.3, -0.25) is 4.57 Å². The van der Waals surface area contributed by atoms with Crippen LogP contribution in [0.15, 0.2) is 42.5 Å². The average molecular weight is 450 g/mol. The molecule has 7 heteroatoms. The Morgan fingerprint density at radius 3 is 2.55 bits per heavy atom. The summed E-state index contributed by atoms with van der Waals surface area (Å²) in [6.45, 7) is 2.20. The summed E-state index contributed by atoms with van der Waals surface area (Å²) in [5, 5.41) is 10.3. The van der Waals surface area contributed by atoms with Gasteiger partial charge in [-0.25, -0.2) is 4.39 Å². The lowest BCUT2D eigenvalue weighted by atomic mass is 9.79. The van der Waals surface area contributed by atoms with E-state index in [1.165, 1.54) is 6.07 Å². The highest BCUT2D eigenvalue weighted by molar-refractivity contribution is 7.57. The molecule has 0 aliphatic heterocycles. The van der Waals surface area contributed by atoms with Gasteiger partial charge in [0.25, 0.3) is 0 Å². The van der Waals surface area contributed by atoms with Crippen molar-refractivity contribution in [2.24, 2.45) is 5.92 Å². The minimum absolute atomic E-state index is 0.141. The molecule has 31 heavy (non-hydrogen) atoms. The molecule has 170 valence electrons. The van der Waals surface area contributed by atoms with E-state index in [-0.39, 0.29) is 24.1 Å². The number of aliphatic hydroxyl groups excluding tert-OH is 1. The van der Waals surface area contributed by atoms with Gasteiger partial charge < -0.3 is 19.5 Å². The molecule has 0 bridgehead atoms.